The van der Waals surface area contributed by atoms with Crippen LogP contribution >= 0.6 is 11.6 Å². The SMILES string of the molecule is COc1cc(N2CCNC(C(=O)O)C2)ccc1Cl. The molecule has 0 aliphatic carbocycles. The highest BCUT2D eigenvalue weighted by Crippen LogP contribution is 2.29. The van der Waals surface area contributed by atoms with E-state index < -0.39 is 12.0 Å². The number of nitrogens with one attached hydrogen (secondary N) is 1. The number of halogens is 1. The van der Waals surface area contributed by atoms with Crippen LogP contribution in [-0.2, 0) is 4.79 Å². The van der Waals surface area contributed by atoms with Crippen LogP contribution < -0.4 is 15.0 Å². The summed E-state index contributed by atoms with van der Waals surface area (Å²) in [6, 6.07) is 4.91. The van der Waals surface area contributed by atoms with E-state index in [1.165, 1.54) is 0 Å². The number of methoxy groups -OCH3 is 1. The molecule has 1 fully saturated rings. The van der Waals surface area contributed by atoms with Crippen LogP contribution in [-0.4, -0.2) is 43.9 Å². The molecule has 98 valence electrons. The van der Waals surface area contributed by atoms with Gasteiger partial charge in [-0.2, -0.15) is 0 Å². The number of carbonyl (C=O) groups is 1. The van der Waals surface area contributed by atoms with Crippen LogP contribution in [0.25, 0.3) is 0 Å². The summed E-state index contributed by atoms with van der Waals surface area (Å²) in [5.74, 6) is -0.236. The second-order valence-electron chi connectivity index (χ2n) is 4.11. The van der Waals surface area contributed by atoms with Crippen molar-refractivity contribution in [3.8, 4) is 5.75 Å². The Morgan fingerprint density at radius 3 is 3.06 bits per heavy atom. The number of ether oxygens (including phenoxy) is 1. The zero-order valence-corrected chi connectivity index (χ0v) is 10.8. The molecule has 2 rings (SSSR count). The first-order valence-electron chi connectivity index (χ1n) is 5.66. The van der Waals surface area contributed by atoms with Gasteiger partial charge in [0.1, 0.15) is 11.8 Å². The van der Waals surface area contributed by atoms with Crippen molar-refractivity contribution < 1.29 is 14.6 Å². The predicted molar refractivity (Wildman–Crippen MR) is 69.6 cm³/mol. The highest BCUT2D eigenvalue weighted by Gasteiger charge is 2.25. The van der Waals surface area contributed by atoms with E-state index in [-0.39, 0.29) is 0 Å². The molecular weight excluding hydrogens is 256 g/mol. The molecule has 6 heteroatoms. The molecule has 0 radical (unpaired) electrons. The average Bonchev–Trinajstić information content (AvgIpc) is 2.39. The largest absolute Gasteiger partial charge is 0.495 e. The van der Waals surface area contributed by atoms with Gasteiger partial charge in [-0.25, -0.2) is 0 Å². The number of benzene rings is 1. The first-order valence-corrected chi connectivity index (χ1v) is 6.04. The first kappa shape index (κ1) is 13.0. The van der Waals surface area contributed by atoms with Gasteiger partial charge in [0.25, 0.3) is 0 Å². The van der Waals surface area contributed by atoms with Gasteiger partial charge in [0.15, 0.2) is 0 Å². The monoisotopic (exact) mass is 270 g/mol. The fourth-order valence-corrected chi connectivity index (χ4v) is 2.19. The van der Waals surface area contributed by atoms with Crippen LogP contribution in [0.1, 0.15) is 0 Å². The van der Waals surface area contributed by atoms with Crippen molar-refractivity contribution in [1.29, 1.82) is 0 Å². The van der Waals surface area contributed by atoms with Crippen molar-refractivity contribution in [2.75, 3.05) is 31.6 Å². The molecular formula is C12H15ClN2O3. The maximum absolute atomic E-state index is 11.0. The van der Waals surface area contributed by atoms with Crippen molar-refractivity contribution in [2.24, 2.45) is 0 Å². The lowest BCUT2D eigenvalue weighted by molar-refractivity contribution is -0.139. The van der Waals surface area contributed by atoms with E-state index in [9.17, 15) is 4.79 Å². The molecule has 5 nitrogen and oxygen atoms in total. The smallest absolute Gasteiger partial charge is 0.322 e. The third kappa shape index (κ3) is 2.68. The molecule has 0 bridgehead atoms. The van der Waals surface area contributed by atoms with Crippen molar-refractivity contribution in [3.05, 3.63) is 23.2 Å². The lowest BCUT2D eigenvalue weighted by Crippen LogP contribution is -2.54. The topological polar surface area (TPSA) is 61.8 Å². The summed E-state index contributed by atoms with van der Waals surface area (Å²) < 4.78 is 5.16. The summed E-state index contributed by atoms with van der Waals surface area (Å²) >= 11 is 5.96. The van der Waals surface area contributed by atoms with Gasteiger partial charge < -0.3 is 20.1 Å². The van der Waals surface area contributed by atoms with Crippen LogP contribution in [0.4, 0.5) is 5.69 Å². The Morgan fingerprint density at radius 1 is 1.61 bits per heavy atom. The van der Waals surface area contributed by atoms with Gasteiger partial charge in [0, 0.05) is 31.4 Å². The maximum atomic E-state index is 11.0. The van der Waals surface area contributed by atoms with Crippen molar-refractivity contribution >= 4 is 23.3 Å². The summed E-state index contributed by atoms with van der Waals surface area (Å²) in [6.07, 6.45) is 0. The molecule has 0 amide bonds. The Kier molecular flexibility index (Phi) is 3.93. The van der Waals surface area contributed by atoms with E-state index in [2.05, 4.69) is 5.32 Å². The zero-order chi connectivity index (χ0) is 13.1. The number of hydrogen-bond donors (Lipinski definition) is 2. The second-order valence-corrected chi connectivity index (χ2v) is 4.52. The molecule has 1 aromatic carbocycles. The molecule has 1 unspecified atom stereocenters. The third-order valence-corrected chi connectivity index (χ3v) is 3.29. The fraction of sp³-hybridized carbons (Fsp3) is 0.417. The molecule has 1 atom stereocenters. The molecule has 0 spiro atoms. The number of nitrogens with zero attached hydrogens (tertiary/aromatic N) is 1. The van der Waals surface area contributed by atoms with Crippen molar-refractivity contribution in [2.45, 2.75) is 6.04 Å². The van der Waals surface area contributed by atoms with E-state index in [1.54, 1.807) is 13.2 Å². The molecule has 0 saturated carbocycles. The van der Waals surface area contributed by atoms with Crippen LogP contribution in [0.3, 0.4) is 0 Å². The predicted octanol–water partition coefficient (Wildman–Crippen LogP) is 1.21. The molecule has 1 heterocycles. The van der Waals surface area contributed by atoms with Gasteiger partial charge in [0.05, 0.1) is 12.1 Å². The molecule has 1 aliphatic rings. The molecule has 1 aliphatic heterocycles. The number of anilines is 1. The van der Waals surface area contributed by atoms with Gasteiger partial charge in [0.2, 0.25) is 0 Å². The van der Waals surface area contributed by atoms with E-state index in [0.29, 0.717) is 23.9 Å². The van der Waals surface area contributed by atoms with E-state index in [1.807, 2.05) is 17.0 Å². The van der Waals surface area contributed by atoms with Gasteiger partial charge in [-0.3, -0.25) is 4.79 Å². The van der Waals surface area contributed by atoms with Crippen molar-refractivity contribution in [1.82, 2.24) is 5.32 Å². The quantitative estimate of drug-likeness (QED) is 0.865. The summed E-state index contributed by atoms with van der Waals surface area (Å²) in [7, 11) is 1.56. The van der Waals surface area contributed by atoms with Crippen LogP contribution in [0.15, 0.2) is 18.2 Å². The highest BCUT2D eigenvalue weighted by atomic mass is 35.5. The fourth-order valence-electron chi connectivity index (χ4n) is 2.00. The standard InChI is InChI=1S/C12H15ClN2O3/c1-18-11-6-8(2-3-9(11)13)15-5-4-14-10(7-15)12(16)17/h2-3,6,10,14H,4-5,7H2,1H3,(H,16,17). The van der Waals surface area contributed by atoms with Crippen LogP contribution in [0.2, 0.25) is 5.02 Å². The molecule has 2 N–H and O–H groups in total. The maximum Gasteiger partial charge on any atom is 0.322 e. The van der Waals surface area contributed by atoms with Gasteiger partial charge in [-0.15, -0.1) is 0 Å². The van der Waals surface area contributed by atoms with Gasteiger partial charge >= 0.3 is 5.97 Å². The third-order valence-electron chi connectivity index (χ3n) is 2.97. The Morgan fingerprint density at radius 2 is 2.39 bits per heavy atom. The molecule has 0 aromatic heterocycles. The molecule has 1 saturated heterocycles. The number of hydrogen-bond acceptors (Lipinski definition) is 4. The number of carboxylic acid groups (broad SMARTS) is 1. The zero-order valence-electron chi connectivity index (χ0n) is 10.0. The number of aliphatic carboxylic acids is 1. The van der Waals surface area contributed by atoms with Gasteiger partial charge in [-0.1, -0.05) is 11.6 Å². The lowest BCUT2D eigenvalue weighted by Gasteiger charge is -2.33. The Hall–Kier alpha value is -1.46. The summed E-state index contributed by atoms with van der Waals surface area (Å²) in [5.41, 5.74) is 0.920. The van der Waals surface area contributed by atoms with E-state index in [0.717, 1.165) is 12.2 Å². The van der Waals surface area contributed by atoms with Gasteiger partial charge in [-0.05, 0) is 12.1 Å². The van der Waals surface area contributed by atoms with Crippen LogP contribution in [0.5, 0.6) is 5.75 Å². The number of rotatable bonds is 3. The van der Waals surface area contributed by atoms with Crippen LogP contribution in [0, 0.1) is 0 Å². The minimum atomic E-state index is -0.833. The molecule has 1 aromatic rings. The minimum absolute atomic E-state index is 0.431. The van der Waals surface area contributed by atoms with E-state index in [4.69, 9.17) is 21.4 Å². The Labute approximate surface area is 110 Å². The summed E-state index contributed by atoms with van der Waals surface area (Å²) in [5, 5.41) is 12.5. The number of piperazine rings is 1. The molecule has 18 heavy (non-hydrogen) atoms. The summed E-state index contributed by atoms with van der Waals surface area (Å²) in [6.45, 7) is 1.83. The average molecular weight is 271 g/mol. The minimum Gasteiger partial charge on any atom is -0.495 e. The first-order chi connectivity index (χ1) is 8.61. The van der Waals surface area contributed by atoms with E-state index >= 15 is 0 Å². The Bertz CT molecular complexity index is 453. The normalized spacial score (nSPS) is 19.7. The Balaban J connectivity index is 2.18. The highest BCUT2D eigenvalue weighted by molar-refractivity contribution is 6.32. The second kappa shape index (κ2) is 5.46. The number of carboxylic acids is 1. The van der Waals surface area contributed by atoms with Crippen molar-refractivity contribution in [3.63, 3.8) is 0 Å². The summed E-state index contributed by atoms with van der Waals surface area (Å²) in [4.78, 5) is 13.0. The lowest BCUT2D eigenvalue weighted by atomic mass is 10.2.